The summed E-state index contributed by atoms with van der Waals surface area (Å²) in [5, 5.41) is 11.9. The molecular formula is C17H20FNO3. The number of halogens is 1. The molecule has 0 unspecified atom stereocenters. The third kappa shape index (κ3) is 2.98. The van der Waals surface area contributed by atoms with Gasteiger partial charge in [0.1, 0.15) is 5.82 Å². The number of carboxylic acids is 1. The molecule has 2 atom stereocenters. The molecular weight excluding hydrogens is 285 g/mol. The van der Waals surface area contributed by atoms with Gasteiger partial charge in [0.2, 0.25) is 5.91 Å². The van der Waals surface area contributed by atoms with E-state index >= 15 is 0 Å². The molecule has 0 spiro atoms. The van der Waals surface area contributed by atoms with E-state index in [4.69, 9.17) is 5.11 Å². The molecule has 4 nitrogen and oxygen atoms in total. The first-order chi connectivity index (χ1) is 10.5. The summed E-state index contributed by atoms with van der Waals surface area (Å²) in [6.07, 6.45) is 3.52. The summed E-state index contributed by atoms with van der Waals surface area (Å²) < 4.78 is 13.3. The lowest BCUT2D eigenvalue weighted by Crippen LogP contribution is -2.36. The molecule has 22 heavy (non-hydrogen) atoms. The molecule has 2 fully saturated rings. The van der Waals surface area contributed by atoms with Gasteiger partial charge in [-0.1, -0.05) is 12.1 Å². The van der Waals surface area contributed by atoms with Crippen molar-refractivity contribution in [1.29, 1.82) is 0 Å². The van der Waals surface area contributed by atoms with Gasteiger partial charge in [0.05, 0.1) is 5.92 Å². The van der Waals surface area contributed by atoms with Crippen molar-refractivity contribution < 1.29 is 19.1 Å². The van der Waals surface area contributed by atoms with E-state index in [9.17, 15) is 14.0 Å². The van der Waals surface area contributed by atoms with Crippen LogP contribution in [-0.2, 0) is 15.0 Å². The molecule has 1 aromatic rings. The highest BCUT2D eigenvalue weighted by molar-refractivity contribution is 5.81. The molecule has 0 bridgehead atoms. The monoisotopic (exact) mass is 305 g/mol. The molecule has 0 aromatic heterocycles. The van der Waals surface area contributed by atoms with Crippen LogP contribution < -0.4 is 5.32 Å². The van der Waals surface area contributed by atoms with Gasteiger partial charge in [-0.05, 0) is 49.8 Å². The Hall–Kier alpha value is -1.91. The van der Waals surface area contributed by atoms with E-state index in [0.29, 0.717) is 25.8 Å². The van der Waals surface area contributed by atoms with E-state index in [0.717, 1.165) is 18.4 Å². The molecule has 2 saturated carbocycles. The van der Waals surface area contributed by atoms with Gasteiger partial charge in [-0.3, -0.25) is 9.59 Å². The maximum absolute atomic E-state index is 13.3. The van der Waals surface area contributed by atoms with Gasteiger partial charge in [-0.15, -0.1) is 0 Å². The second-order valence-electron chi connectivity index (χ2n) is 6.55. The van der Waals surface area contributed by atoms with Crippen LogP contribution >= 0.6 is 0 Å². The van der Waals surface area contributed by atoms with Crippen molar-refractivity contribution >= 4 is 11.9 Å². The predicted molar refractivity (Wildman–Crippen MR) is 78.8 cm³/mol. The topological polar surface area (TPSA) is 66.4 Å². The lowest BCUT2D eigenvalue weighted by atomic mass is 9.95. The second kappa shape index (κ2) is 5.71. The van der Waals surface area contributed by atoms with Crippen LogP contribution in [0.3, 0.4) is 0 Å². The molecule has 0 radical (unpaired) electrons. The number of aliphatic carboxylic acids is 1. The lowest BCUT2D eigenvalue weighted by molar-refractivity contribution is -0.141. The van der Waals surface area contributed by atoms with Crippen LogP contribution in [0.2, 0.25) is 0 Å². The zero-order chi connectivity index (χ0) is 15.7. The molecule has 0 saturated heterocycles. The standard InChI is InChI=1S/C17H20FNO3/c18-14-3-1-2-13(9-14)17(6-7-17)10-19-15(20)11-4-5-12(8-11)16(21)22/h1-3,9,11-12H,4-8,10H2,(H,19,20)(H,21,22)/t11-,12+/m0/s1. The zero-order valence-corrected chi connectivity index (χ0v) is 12.3. The fourth-order valence-electron chi connectivity index (χ4n) is 3.38. The van der Waals surface area contributed by atoms with Crippen molar-refractivity contribution in [2.45, 2.75) is 37.5 Å². The number of hydrogen-bond donors (Lipinski definition) is 2. The maximum atomic E-state index is 13.3. The minimum absolute atomic E-state index is 0.0635. The highest BCUT2D eigenvalue weighted by Crippen LogP contribution is 2.47. The molecule has 118 valence electrons. The van der Waals surface area contributed by atoms with E-state index < -0.39 is 11.9 Å². The lowest BCUT2D eigenvalue weighted by Gasteiger charge is -2.18. The number of benzene rings is 1. The molecule has 2 aliphatic rings. The largest absolute Gasteiger partial charge is 0.481 e. The molecule has 0 aliphatic heterocycles. The van der Waals surface area contributed by atoms with Crippen LogP contribution in [0.15, 0.2) is 24.3 Å². The fourth-order valence-corrected chi connectivity index (χ4v) is 3.38. The zero-order valence-electron chi connectivity index (χ0n) is 12.3. The van der Waals surface area contributed by atoms with E-state index in [1.165, 1.54) is 12.1 Å². The van der Waals surface area contributed by atoms with Crippen LogP contribution in [0, 0.1) is 17.7 Å². The molecule has 1 amide bonds. The highest BCUT2D eigenvalue weighted by atomic mass is 19.1. The molecule has 5 heteroatoms. The summed E-state index contributed by atoms with van der Waals surface area (Å²) in [6, 6.07) is 6.55. The highest BCUT2D eigenvalue weighted by Gasteiger charge is 2.45. The third-order valence-corrected chi connectivity index (χ3v) is 5.04. The smallest absolute Gasteiger partial charge is 0.306 e. The third-order valence-electron chi connectivity index (χ3n) is 5.04. The quantitative estimate of drug-likeness (QED) is 0.878. The number of amides is 1. The minimum Gasteiger partial charge on any atom is -0.481 e. The SMILES string of the molecule is O=C(O)[C@@H]1CC[C@H](C(=O)NCC2(c3cccc(F)c3)CC2)C1. The number of nitrogens with one attached hydrogen (secondary N) is 1. The van der Waals surface area contributed by atoms with Gasteiger partial charge in [-0.2, -0.15) is 0 Å². The normalized spacial score (nSPS) is 25.7. The van der Waals surface area contributed by atoms with Crippen molar-refractivity contribution in [3.63, 3.8) is 0 Å². The summed E-state index contributed by atoms with van der Waals surface area (Å²) >= 11 is 0. The molecule has 3 rings (SSSR count). The van der Waals surface area contributed by atoms with Crippen molar-refractivity contribution in [2.24, 2.45) is 11.8 Å². The van der Waals surface area contributed by atoms with Crippen LogP contribution in [0.5, 0.6) is 0 Å². The van der Waals surface area contributed by atoms with Crippen molar-refractivity contribution in [2.75, 3.05) is 6.54 Å². The van der Waals surface area contributed by atoms with Gasteiger partial charge in [0, 0.05) is 17.9 Å². The Morgan fingerprint density at radius 3 is 2.59 bits per heavy atom. The Balaban J connectivity index is 1.56. The number of hydrogen-bond acceptors (Lipinski definition) is 2. The Morgan fingerprint density at radius 1 is 1.27 bits per heavy atom. The van der Waals surface area contributed by atoms with Crippen molar-refractivity contribution in [3.05, 3.63) is 35.6 Å². The van der Waals surface area contributed by atoms with Crippen LogP contribution in [0.1, 0.15) is 37.7 Å². The van der Waals surface area contributed by atoms with Gasteiger partial charge >= 0.3 is 5.97 Å². The number of rotatable bonds is 5. The first-order valence-corrected chi connectivity index (χ1v) is 7.77. The maximum Gasteiger partial charge on any atom is 0.306 e. The van der Waals surface area contributed by atoms with E-state index in [-0.39, 0.29) is 23.1 Å². The fraction of sp³-hybridized carbons (Fsp3) is 0.529. The van der Waals surface area contributed by atoms with Gasteiger partial charge in [0.25, 0.3) is 0 Å². The first kappa shape index (κ1) is 15.0. The van der Waals surface area contributed by atoms with Gasteiger partial charge in [0.15, 0.2) is 0 Å². The average molecular weight is 305 g/mol. The van der Waals surface area contributed by atoms with Crippen molar-refractivity contribution in [1.82, 2.24) is 5.32 Å². The second-order valence-corrected chi connectivity index (χ2v) is 6.55. The predicted octanol–water partition coefficient (Wildman–Crippen LogP) is 2.47. The Kier molecular flexibility index (Phi) is 3.89. The Labute approximate surface area is 128 Å². The summed E-state index contributed by atoms with van der Waals surface area (Å²) in [7, 11) is 0. The minimum atomic E-state index is -0.811. The molecule has 0 heterocycles. The molecule has 2 N–H and O–H groups in total. The number of carbonyl (C=O) groups excluding carboxylic acids is 1. The van der Waals surface area contributed by atoms with Gasteiger partial charge < -0.3 is 10.4 Å². The molecule has 1 aromatic carbocycles. The Bertz CT molecular complexity index is 597. The summed E-state index contributed by atoms with van der Waals surface area (Å²) in [5.74, 6) is -1.73. The summed E-state index contributed by atoms with van der Waals surface area (Å²) in [5.41, 5.74) is 0.797. The van der Waals surface area contributed by atoms with Crippen LogP contribution in [0.25, 0.3) is 0 Å². The van der Waals surface area contributed by atoms with E-state index in [2.05, 4.69) is 5.32 Å². The summed E-state index contributed by atoms with van der Waals surface area (Å²) in [4.78, 5) is 23.2. The van der Waals surface area contributed by atoms with Crippen LogP contribution in [-0.4, -0.2) is 23.5 Å². The molecule has 2 aliphatic carbocycles. The van der Waals surface area contributed by atoms with Crippen molar-refractivity contribution in [3.8, 4) is 0 Å². The van der Waals surface area contributed by atoms with Crippen LogP contribution in [0.4, 0.5) is 4.39 Å². The average Bonchev–Trinajstić information content (AvgIpc) is 3.11. The Morgan fingerprint density at radius 2 is 2.00 bits per heavy atom. The van der Waals surface area contributed by atoms with Gasteiger partial charge in [-0.25, -0.2) is 4.39 Å². The number of carbonyl (C=O) groups is 2. The van der Waals surface area contributed by atoms with E-state index in [1.54, 1.807) is 6.07 Å². The first-order valence-electron chi connectivity index (χ1n) is 7.77. The number of carboxylic acid groups (broad SMARTS) is 1. The van der Waals surface area contributed by atoms with E-state index in [1.807, 2.05) is 6.07 Å². The summed E-state index contributed by atoms with van der Waals surface area (Å²) in [6.45, 7) is 0.503.